The molecule has 0 bridgehead atoms. The van der Waals surface area contributed by atoms with Crippen LogP contribution in [0.5, 0.6) is 5.75 Å². The number of benzene rings is 1. The molecular formula is C13H16N2O2. The fourth-order valence-corrected chi connectivity index (χ4v) is 1.45. The molecule has 0 amide bonds. The molecule has 0 aliphatic carbocycles. The molecule has 90 valence electrons. The number of ether oxygens (including phenoxy) is 1. The molecule has 4 nitrogen and oxygen atoms in total. The van der Waals surface area contributed by atoms with Gasteiger partial charge in [-0.3, -0.25) is 9.69 Å². The van der Waals surface area contributed by atoms with E-state index in [1.54, 1.807) is 31.4 Å². The van der Waals surface area contributed by atoms with Crippen LogP contribution < -0.4 is 4.74 Å². The Kier molecular flexibility index (Phi) is 5.18. The standard InChI is InChI=1S/C13H16N2O2/c1-15(8-4-7-14)10-13(16)11-5-3-6-12(9-11)17-2/h3,5-6,9H,4,8,10H2,1-2H3. The lowest BCUT2D eigenvalue weighted by Gasteiger charge is -2.13. The zero-order valence-corrected chi connectivity index (χ0v) is 10.1. The molecule has 0 atom stereocenters. The van der Waals surface area contributed by atoms with Crippen molar-refractivity contribution in [2.24, 2.45) is 0 Å². The van der Waals surface area contributed by atoms with Crippen LogP contribution in [0, 0.1) is 11.3 Å². The number of ketones is 1. The molecule has 0 aliphatic heterocycles. The van der Waals surface area contributed by atoms with Gasteiger partial charge in [0.2, 0.25) is 0 Å². The molecule has 0 fully saturated rings. The maximum Gasteiger partial charge on any atom is 0.176 e. The zero-order chi connectivity index (χ0) is 12.7. The smallest absolute Gasteiger partial charge is 0.176 e. The molecular weight excluding hydrogens is 216 g/mol. The van der Waals surface area contributed by atoms with Crippen molar-refractivity contribution >= 4 is 5.78 Å². The van der Waals surface area contributed by atoms with Gasteiger partial charge in [-0.05, 0) is 19.2 Å². The summed E-state index contributed by atoms with van der Waals surface area (Å²) in [6.07, 6.45) is 0.432. The number of rotatable bonds is 6. The van der Waals surface area contributed by atoms with Crippen molar-refractivity contribution in [3.8, 4) is 11.8 Å². The lowest BCUT2D eigenvalue weighted by atomic mass is 10.1. The molecule has 0 heterocycles. The Bertz CT molecular complexity index is 424. The molecule has 1 aromatic carbocycles. The van der Waals surface area contributed by atoms with Crippen LogP contribution in [-0.4, -0.2) is 37.9 Å². The van der Waals surface area contributed by atoms with Gasteiger partial charge in [0.15, 0.2) is 5.78 Å². The van der Waals surface area contributed by atoms with E-state index in [1.807, 2.05) is 11.9 Å². The van der Waals surface area contributed by atoms with Crippen LogP contribution >= 0.6 is 0 Å². The summed E-state index contributed by atoms with van der Waals surface area (Å²) in [4.78, 5) is 13.7. The molecule has 0 unspecified atom stereocenters. The van der Waals surface area contributed by atoms with E-state index in [-0.39, 0.29) is 5.78 Å². The summed E-state index contributed by atoms with van der Waals surface area (Å²) in [5, 5.41) is 8.46. The van der Waals surface area contributed by atoms with E-state index in [9.17, 15) is 4.79 Å². The van der Waals surface area contributed by atoms with Crippen LogP contribution in [0.4, 0.5) is 0 Å². The Labute approximate surface area is 101 Å². The van der Waals surface area contributed by atoms with Crippen LogP contribution in [0.1, 0.15) is 16.8 Å². The molecule has 0 aromatic heterocycles. The van der Waals surface area contributed by atoms with Gasteiger partial charge in [0.05, 0.1) is 19.7 Å². The second kappa shape index (κ2) is 6.66. The molecule has 4 heteroatoms. The summed E-state index contributed by atoms with van der Waals surface area (Å²) in [6, 6.07) is 9.14. The van der Waals surface area contributed by atoms with Gasteiger partial charge in [-0.25, -0.2) is 0 Å². The summed E-state index contributed by atoms with van der Waals surface area (Å²) in [5.74, 6) is 0.708. The van der Waals surface area contributed by atoms with Gasteiger partial charge in [-0.1, -0.05) is 12.1 Å². The minimum Gasteiger partial charge on any atom is -0.497 e. The second-order valence-corrected chi connectivity index (χ2v) is 3.80. The molecule has 0 spiro atoms. The minimum atomic E-state index is 0.0318. The minimum absolute atomic E-state index is 0.0318. The maximum absolute atomic E-state index is 11.9. The third-order valence-corrected chi connectivity index (χ3v) is 2.41. The van der Waals surface area contributed by atoms with E-state index < -0.39 is 0 Å². The van der Waals surface area contributed by atoms with Gasteiger partial charge >= 0.3 is 0 Å². The van der Waals surface area contributed by atoms with Crippen LogP contribution in [0.25, 0.3) is 0 Å². The molecule has 0 aliphatic rings. The van der Waals surface area contributed by atoms with E-state index in [0.29, 0.717) is 30.8 Å². The van der Waals surface area contributed by atoms with Crippen molar-refractivity contribution in [3.05, 3.63) is 29.8 Å². The number of hydrogen-bond donors (Lipinski definition) is 0. The van der Waals surface area contributed by atoms with E-state index in [1.165, 1.54) is 0 Å². The predicted octanol–water partition coefficient (Wildman–Crippen LogP) is 1.72. The van der Waals surface area contributed by atoms with Crippen molar-refractivity contribution < 1.29 is 9.53 Å². The number of methoxy groups -OCH3 is 1. The van der Waals surface area contributed by atoms with E-state index >= 15 is 0 Å². The number of carbonyl (C=O) groups is 1. The normalized spacial score (nSPS) is 10.0. The van der Waals surface area contributed by atoms with Crippen LogP contribution in [-0.2, 0) is 0 Å². The van der Waals surface area contributed by atoms with E-state index in [4.69, 9.17) is 10.00 Å². The Morgan fingerprint density at radius 2 is 2.29 bits per heavy atom. The maximum atomic E-state index is 11.9. The number of Topliss-reactive ketones (excluding diaryl/α,β-unsaturated/α-hetero) is 1. The Balaban J connectivity index is 2.60. The summed E-state index contributed by atoms with van der Waals surface area (Å²) >= 11 is 0. The summed E-state index contributed by atoms with van der Waals surface area (Å²) in [7, 11) is 3.40. The van der Waals surface area contributed by atoms with Crippen molar-refractivity contribution in [2.75, 3.05) is 27.2 Å². The molecule has 0 radical (unpaired) electrons. The molecule has 1 rings (SSSR count). The highest BCUT2D eigenvalue weighted by Gasteiger charge is 2.09. The molecule has 0 saturated carbocycles. The fraction of sp³-hybridized carbons (Fsp3) is 0.385. The highest BCUT2D eigenvalue weighted by Crippen LogP contribution is 2.13. The Morgan fingerprint density at radius 3 is 2.94 bits per heavy atom. The van der Waals surface area contributed by atoms with Gasteiger partial charge < -0.3 is 4.74 Å². The SMILES string of the molecule is COc1cccc(C(=O)CN(C)CCC#N)c1. The number of likely N-dealkylation sites (N-methyl/N-ethyl adjacent to an activating group) is 1. The average Bonchev–Trinajstić information content (AvgIpc) is 2.36. The van der Waals surface area contributed by atoms with Gasteiger partial charge in [0.1, 0.15) is 5.75 Å². The number of carbonyl (C=O) groups excluding carboxylic acids is 1. The zero-order valence-electron chi connectivity index (χ0n) is 10.1. The molecule has 0 N–H and O–H groups in total. The van der Waals surface area contributed by atoms with Gasteiger partial charge in [0.25, 0.3) is 0 Å². The van der Waals surface area contributed by atoms with E-state index in [2.05, 4.69) is 6.07 Å². The summed E-state index contributed by atoms with van der Waals surface area (Å²) in [5.41, 5.74) is 0.633. The third-order valence-electron chi connectivity index (χ3n) is 2.41. The fourth-order valence-electron chi connectivity index (χ4n) is 1.45. The largest absolute Gasteiger partial charge is 0.497 e. The highest BCUT2D eigenvalue weighted by atomic mass is 16.5. The summed E-state index contributed by atoms with van der Waals surface area (Å²) < 4.78 is 5.07. The van der Waals surface area contributed by atoms with Crippen LogP contribution in [0.15, 0.2) is 24.3 Å². The first-order chi connectivity index (χ1) is 8.17. The topological polar surface area (TPSA) is 53.3 Å². The Morgan fingerprint density at radius 1 is 1.53 bits per heavy atom. The Hall–Kier alpha value is -1.86. The van der Waals surface area contributed by atoms with Gasteiger partial charge in [-0.15, -0.1) is 0 Å². The van der Waals surface area contributed by atoms with Crippen LogP contribution in [0.2, 0.25) is 0 Å². The first-order valence-electron chi connectivity index (χ1n) is 5.40. The van der Waals surface area contributed by atoms with Crippen molar-refractivity contribution in [2.45, 2.75) is 6.42 Å². The van der Waals surface area contributed by atoms with Crippen LogP contribution in [0.3, 0.4) is 0 Å². The number of nitrogens with zero attached hydrogens (tertiary/aromatic N) is 2. The average molecular weight is 232 g/mol. The summed E-state index contributed by atoms with van der Waals surface area (Å²) in [6.45, 7) is 0.918. The van der Waals surface area contributed by atoms with Gasteiger partial charge in [0, 0.05) is 18.5 Å². The molecule has 1 aromatic rings. The number of hydrogen-bond acceptors (Lipinski definition) is 4. The monoisotopic (exact) mass is 232 g/mol. The molecule has 0 saturated heterocycles. The van der Waals surface area contributed by atoms with Crippen molar-refractivity contribution in [3.63, 3.8) is 0 Å². The highest BCUT2D eigenvalue weighted by molar-refractivity contribution is 5.97. The molecule has 17 heavy (non-hydrogen) atoms. The predicted molar refractivity (Wildman–Crippen MR) is 65.1 cm³/mol. The number of nitriles is 1. The van der Waals surface area contributed by atoms with Crippen molar-refractivity contribution in [1.82, 2.24) is 4.90 Å². The van der Waals surface area contributed by atoms with E-state index in [0.717, 1.165) is 0 Å². The second-order valence-electron chi connectivity index (χ2n) is 3.80. The quantitative estimate of drug-likeness (QED) is 0.701. The van der Waals surface area contributed by atoms with Crippen molar-refractivity contribution in [1.29, 1.82) is 5.26 Å². The first-order valence-corrected chi connectivity index (χ1v) is 5.40. The third kappa shape index (κ3) is 4.25. The lowest BCUT2D eigenvalue weighted by Crippen LogP contribution is -2.26. The first kappa shape index (κ1) is 13.2. The lowest BCUT2D eigenvalue weighted by molar-refractivity contribution is 0.0947. The van der Waals surface area contributed by atoms with Gasteiger partial charge in [-0.2, -0.15) is 5.26 Å².